The van der Waals surface area contributed by atoms with Crippen molar-refractivity contribution in [2.24, 2.45) is 12.8 Å². The lowest BCUT2D eigenvalue weighted by Crippen LogP contribution is -2.22. The van der Waals surface area contributed by atoms with Crippen molar-refractivity contribution in [1.82, 2.24) is 14.8 Å². The number of aryl methyl sites for hydroxylation is 1. The second-order valence-electron chi connectivity index (χ2n) is 2.33. The number of rotatable bonds is 3. The van der Waals surface area contributed by atoms with Gasteiger partial charge in [-0.2, -0.15) is 5.10 Å². The van der Waals surface area contributed by atoms with Crippen LogP contribution in [0.1, 0.15) is 6.92 Å². The maximum atomic E-state index is 10.7. The number of amides is 1. The summed E-state index contributed by atoms with van der Waals surface area (Å²) in [4.78, 5) is 14.6. The minimum Gasteiger partial charge on any atom is -0.369 e. The van der Waals surface area contributed by atoms with Gasteiger partial charge in [-0.25, -0.2) is 9.67 Å². The van der Waals surface area contributed by atoms with Crippen LogP contribution in [0.4, 0.5) is 0 Å². The monoisotopic (exact) mass is 186 g/mol. The molecule has 0 aliphatic rings. The van der Waals surface area contributed by atoms with Crippen molar-refractivity contribution in [3.8, 4) is 0 Å². The van der Waals surface area contributed by atoms with Gasteiger partial charge in [0.1, 0.15) is 6.33 Å². The number of thioether (sulfide) groups is 1. The standard InChI is InChI=1S/C6H10N4OS/c1-4(5(7)11)12-6-8-3-9-10(6)2/h3-4H,1-2H3,(H2,7,11). The van der Waals surface area contributed by atoms with E-state index in [1.807, 2.05) is 0 Å². The van der Waals surface area contributed by atoms with Gasteiger partial charge in [0.2, 0.25) is 5.91 Å². The second-order valence-corrected chi connectivity index (χ2v) is 3.64. The molecule has 5 nitrogen and oxygen atoms in total. The normalized spacial score (nSPS) is 12.8. The summed E-state index contributed by atoms with van der Waals surface area (Å²) >= 11 is 1.30. The van der Waals surface area contributed by atoms with Crippen molar-refractivity contribution in [3.05, 3.63) is 6.33 Å². The number of hydrogen-bond donors (Lipinski definition) is 1. The zero-order valence-electron chi connectivity index (χ0n) is 6.89. The van der Waals surface area contributed by atoms with Gasteiger partial charge in [0, 0.05) is 7.05 Å². The quantitative estimate of drug-likeness (QED) is 0.662. The van der Waals surface area contributed by atoms with E-state index in [9.17, 15) is 4.79 Å². The topological polar surface area (TPSA) is 73.8 Å². The van der Waals surface area contributed by atoms with Crippen molar-refractivity contribution in [3.63, 3.8) is 0 Å². The van der Waals surface area contributed by atoms with Gasteiger partial charge in [-0.3, -0.25) is 4.79 Å². The van der Waals surface area contributed by atoms with E-state index in [-0.39, 0.29) is 11.2 Å². The Morgan fingerprint density at radius 1 is 1.83 bits per heavy atom. The summed E-state index contributed by atoms with van der Waals surface area (Å²) in [6, 6.07) is 0. The van der Waals surface area contributed by atoms with Gasteiger partial charge >= 0.3 is 0 Å². The molecule has 12 heavy (non-hydrogen) atoms. The molecule has 0 saturated heterocycles. The Hall–Kier alpha value is -1.04. The maximum absolute atomic E-state index is 10.7. The molecule has 0 saturated carbocycles. The molecule has 6 heteroatoms. The Morgan fingerprint density at radius 3 is 2.92 bits per heavy atom. The highest BCUT2D eigenvalue weighted by Crippen LogP contribution is 2.18. The first-order chi connectivity index (χ1) is 5.61. The van der Waals surface area contributed by atoms with E-state index < -0.39 is 0 Å². The molecule has 0 spiro atoms. The van der Waals surface area contributed by atoms with Gasteiger partial charge in [-0.15, -0.1) is 0 Å². The van der Waals surface area contributed by atoms with E-state index in [1.165, 1.54) is 18.1 Å². The molecule has 0 aromatic carbocycles. The fraction of sp³-hybridized carbons (Fsp3) is 0.500. The smallest absolute Gasteiger partial charge is 0.230 e. The summed E-state index contributed by atoms with van der Waals surface area (Å²) in [5.41, 5.74) is 5.09. The predicted molar refractivity (Wildman–Crippen MR) is 45.5 cm³/mol. The number of nitrogens with zero attached hydrogens (tertiary/aromatic N) is 3. The van der Waals surface area contributed by atoms with Gasteiger partial charge in [-0.05, 0) is 6.92 Å². The van der Waals surface area contributed by atoms with Crippen LogP contribution in [0.2, 0.25) is 0 Å². The molecule has 0 aliphatic carbocycles. The second kappa shape index (κ2) is 3.57. The van der Waals surface area contributed by atoms with Crippen LogP contribution in [0.5, 0.6) is 0 Å². The van der Waals surface area contributed by atoms with Crippen LogP contribution in [-0.2, 0) is 11.8 Å². The molecule has 2 N–H and O–H groups in total. The Bertz CT molecular complexity index is 285. The molecule has 0 bridgehead atoms. The third-order valence-electron chi connectivity index (χ3n) is 1.35. The summed E-state index contributed by atoms with van der Waals surface area (Å²) in [5.74, 6) is -0.344. The van der Waals surface area contributed by atoms with Crippen LogP contribution in [-0.4, -0.2) is 25.9 Å². The van der Waals surface area contributed by atoms with Crippen LogP contribution in [0, 0.1) is 0 Å². The average Bonchev–Trinajstić information content (AvgIpc) is 2.36. The summed E-state index contributed by atoms with van der Waals surface area (Å²) in [6.07, 6.45) is 1.44. The van der Waals surface area contributed by atoms with E-state index in [4.69, 9.17) is 5.73 Å². The Balaban J connectivity index is 2.64. The van der Waals surface area contributed by atoms with Crippen molar-refractivity contribution in [1.29, 1.82) is 0 Å². The van der Waals surface area contributed by atoms with E-state index in [0.717, 1.165) is 0 Å². The lowest BCUT2D eigenvalue weighted by atomic mass is 10.5. The highest BCUT2D eigenvalue weighted by molar-refractivity contribution is 8.00. The molecule has 1 aromatic heterocycles. The van der Waals surface area contributed by atoms with E-state index in [2.05, 4.69) is 10.1 Å². The highest BCUT2D eigenvalue weighted by Gasteiger charge is 2.13. The third kappa shape index (κ3) is 1.97. The molecule has 0 fully saturated rings. The molecule has 1 atom stereocenters. The summed E-state index contributed by atoms with van der Waals surface area (Å²) in [6.45, 7) is 1.74. The SMILES string of the molecule is CC(Sc1ncnn1C)C(N)=O. The molecule has 66 valence electrons. The zero-order valence-corrected chi connectivity index (χ0v) is 7.71. The highest BCUT2D eigenvalue weighted by atomic mass is 32.2. The van der Waals surface area contributed by atoms with E-state index in [1.54, 1.807) is 18.7 Å². The van der Waals surface area contributed by atoms with Crippen molar-refractivity contribution in [2.45, 2.75) is 17.3 Å². The van der Waals surface area contributed by atoms with Gasteiger partial charge < -0.3 is 5.73 Å². The van der Waals surface area contributed by atoms with Crippen LogP contribution in [0.3, 0.4) is 0 Å². The van der Waals surface area contributed by atoms with Crippen LogP contribution in [0.15, 0.2) is 11.5 Å². The fourth-order valence-corrected chi connectivity index (χ4v) is 1.35. The number of hydrogen-bond acceptors (Lipinski definition) is 4. The number of carbonyl (C=O) groups is 1. The molecule has 1 rings (SSSR count). The molecule has 0 aliphatic heterocycles. The molecule has 1 amide bonds. The van der Waals surface area contributed by atoms with Gasteiger partial charge in [0.05, 0.1) is 5.25 Å². The summed E-state index contributed by atoms with van der Waals surface area (Å²) < 4.78 is 1.60. The zero-order chi connectivity index (χ0) is 9.14. The molecule has 0 radical (unpaired) electrons. The van der Waals surface area contributed by atoms with E-state index in [0.29, 0.717) is 5.16 Å². The van der Waals surface area contributed by atoms with Crippen LogP contribution in [0.25, 0.3) is 0 Å². The summed E-state index contributed by atoms with van der Waals surface area (Å²) in [5, 5.41) is 4.29. The first kappa shape index (κ1) is 9.05. The minimum absolute atomic E-state index is 0.270. The summed E-state index contributed by atoms with van der Waals surface area (Å²) in [7, 11) is 1.77. The first-order valence-corrected chi connectivity index (χ1v) is 4.29. The number of nitrogens with two attached hydrogens (primary N) is 1. The molecule has 1 unspecified atom stereocenters. The lowest BCUT2D eigenvalue weighted by molar-refractivity contribution is -0.117. The largest absolute Gasteiger partial charge is 0.369 e. The first-order valence-electron chi connectivity index (χ1n) is 3.41. The molecular weight excluding hydrogens is 176 g/mol. The van der Waals surface area contributed by atoms with E-state index >= 15 is 0 Å². The number of carbonyl (C=O) groups excluding carboxylic acids is 1. The fourth-order valence-electron chi connectivity index (χ4n) is 0.609. The van der Waals surface area contributed by atoms with Gasteiger partial charge in [-0.1, -0.05) is 11.8 Å². The number of primary amides is 1. The van der Waals surface area contributed by atoms with Crippen LogP contribution < -0.4 is 5.73 Å². The molecule has 1 heterocycles. The Labute approximate surface area is 74.3 Å². The number of aromatic nitrogens is 3. The van der Waals surface area contributed by atoms with Gasteiger partial charge in [0.15, 0.2) is 5.16 Å². The predicted octanol–water partition coefficient (Wildman–Crippen LogP) is -0.219. The van der Waals surface area contributed by atoms with Crippen molar-refractivity contribution >= 4 is 17.7 Å². The maximum Gasteiger partial charge on any atom is 0.230 e. The Kier molecular flexibility index (Phi) is 2.69. The van der Waals surface area contributed by atoms with Crippen molar-refractivity contribution < 1.29 is 4.79 Å². The van der Waals surface area contributed by atoms with Gasteiger partial charge in [0.25, 0.3) is 0 Å². The van der Waals surface area contributed by atoms with Crippen LogP contribution >= 0.6 is 11.8 Å². The average molecular weight is 186 g/mol. The third-order valence-corrected chi connectivity index (χ3v) is 2.52. The Morgan fingerprint density at radius 2 is 2.50 bits per heavy atom. The molecular formula is C6H10N4OS. The lowest BCUT2D eigenvalue weighted by Gasteiger charge is -2.04. The molecule has 1 aromatic rings. The van der Waals surface area contributed by atoms with Crippen molar-refractivity contribution in [2.75, 3.05) is 0 Å². The minimum atomic E-state index is -0.344.